The van der Waals surface area contributed by atoms with Gasteiger partial charge < -0.3 is 9.64 Å². The Labute approximate surface area is 169 Å². The number of hydrogen-bond acceptors (Lipinski definition) is 4. The van der Waals surface area contributed by atoms with Gasteiger partial charge in [0.15, 0.2) is 0 Å². The average Bonchev–Trinajstić information content (AvgIpc) is 2.74. The third-order valence-electron chi connectivity index (χ3n) is 5.48. The SMILES string of the molecule is Cc1cccc2ncc(C(=O)N3C[C@@H](c4ccccc4)O[C@@H](C(C)C)C3)c(=O)n12. The standard InChI is InChI=1S/C23H25N3O3/c1-15(2)19-13-25(14-20(29-19)17-9-5-4-6-10-17)22(27)18-12-24-21-11-7-8-16(3)26(21)23(18)28/h4-12,15,19-20H,13-14H2,1-3H3/t19-,20+/m1/s1. The number of amides is 1. The van der Waals surface area contributed by atoms with Crippen molar-refractivity contribution in [2.24, 2.45) is 5.92 Å². The molecule has 6 nitrogen and oxygen atoms in total. The number of pyridine rings is 1. The first kappa shape index (κ1) is 19.3. The molecule has 0 bridgehead atoms. The zero-order chi connectivity index (χ0) is 20.5. The van der Waals surface area contributed by atoms with Gasteiger partial charge in [0.1, 0.15) is 17.3 Å². The Balaban J connectivity index is 1.70. The van der Waals surface area contributed by atoms with Crippen molar-refractivity contribution < 1.29 is 9.53 Å². The topological polar surface area (TPSA) is 63.9 Å². The molecule has 3 aromatic rings. The van der Waals surface area contributed by atoms with Gasteiger partial charge in [-0.1, -0.05) is 50.2 Å². The third-order valence-corrected chi connectivity index (χ3v) is 5.48. The van der Waals surface area contributed by atoms with Crippen LogP contribution in [0.1, 0.15) is 41.6 Å². The molecule has 4 rings (SSSR count). The predicted molar refractivity (Wildman–Crippen MR) is 111 cm³/mol. The summed E-state index contributed by atoms with van der Waals surface area (Å²) in [5.41, 5.74) is 2.07. The molecule has 2 aromatic heterocycles. The van der Waals surface area contributed by atoms with Gasteiger partial charge in [-0.3, -0.25) is 14.0 Å². The van der Waals surface area contributed by atoms with E-state index in [4.69, 9.17) is 4.74 Å². The second kappa shape index (κ2) is 7.79. The number of hydrogen-bond donors (Lipinski definition) is 0. The van der Waals surface area contributed by atoms with E-state index in [2.05, 4.69) is 18.8 Å². The van der Waals surface area contributed by atoms with E-state index in [1.54, 1.807) is 11.0 Å². The molecule has 6 heteroatoms. The molecule has 1 aromatic carbocycles. The molecule has 1 amide bonds. The number of rotatable bonds is 3. The maximum absolute atomic E-state index is 13.3. The Hall–Kier alpha value is -2.99. The minimum atomic E-state index is -0.332. The fraction of sp³-hybridized carbons (Fsp3) is 0.348. The highest BCUT2D eigenvalue weighted by Gasteiger charge is 2.34. The number of aromatic nitrogens is 2. The zero-order valence-electron chi connectivity index (χ0n) is 16.9. The van der Waals surface area contributed by atoms with Crippen molar-refractivity contribution >= 4 is 11.6 Å². The van der Waals surface area contributed by atoms with E-state index in [1.807, 2.05) is 49.4 Å². The van der Waals surface area contributed by atoms with E-state index >= 15 is 0 Å². The van der Waals surface area contributed by atoms with Crippen molar-refractivity contribution in [2.75, 3.05) is 13.1 Å². The van der Waals surface area contributed by atoms with Gasteiger partial charge in [0.2, 0.25) is 0 Å². The van der Waals surface area contributed by atoms with Crippen LogP contribution in [0.3, 0.4) is 0 Å². The summed E-state index contributed by atoms with van der Waals surface area (Å²) in [6, 6.07) is 15.3. The van der Waals surface area contributed by atoms with Gasteiger partial charge in [0.25, 0.3) is 11.5 Å². The lowest BCUT2D eigenvalue weighted by molar-refractivity contribution is -0.0955. The number of carbonyl (C=O) groups is 1. The summed E-state index contributed by atoms with van der Waals surface area (Å²) in [7, 11) is 0. The molecule has 1 fully saturated rings. The van der Waals surface area contributed by atoms with E-state index in [9.17, 15) is 9.59 Å². The minimum absolute atomic E-state index is 0.0908. The highest BCUT2D eigenvalue weighted by atomic mass is 16.5. The summed E-state index contributed by atoms with van der Waals surface area (Å²) in [6.45, 7) is 6.85. The maximum atomic E-state index is 13.3. The Morgan fingerprint density at radius 3 is 2.59 bits per heavy atom. The second-order valence-corrected chi connectivity index (χ2v) is 7.87. The number of benzene rings is 1. The molecule has 0 N–H and O–H groups in total. The first-order valence-corrected chi connectivity index (χ1v) is 9.92. The van der Waals surface area contributed by atoms with Gasteiger partial charge in [-0.15, -0.1) is 0 Å². The van der Waals surface area contributed by atoms with Crippen LogP contribution in [-0.4, -0.2) is 39.4 Å². The highest BCUT2D eigenvalue weighted by molar-refractivity contribution is 5.94. The van der Waals surface area contributed by atoms with Crippen LogP contribution in [0.25, 0.3) is 5.65 Å². The zero-order valence-corrected chi connectivity index (χ0v) is 16.9. The molecule has 2 atom stereocenters. The Morgan fingerprint density at radius 2 is 1.86 bits per heavy atom. The molecule has 1 aliphatic rings. The van der Waals surface area contributed by atoms with Crippen LogP contribution in [0.5, 0.6) is 0 Å². The molecule has 150 valence electrons. The van der Waals surface area contributed by atoms with Gasteiger partial charge in [-0.05, 0) is 30.5 Å². The van der Waals surface area contributed by atoms with Crippen molar-refractivity contribution in [3.8, 4) is 0 Å². The van der Waals surface area contributed by atoms with Crippen LogP contribution >= 0.6 is 0 Å². The Morgan fingerprint density at radius 1 is 1.10 bits per heavy atom. The smallest absolute Gasteiger partial charge is 0.270 e. The molecule has 3 heterocycles. The quantitative estimate of drug-likeness (QED) is 0.688. The molecule has 1 aliphatic heterocycles. The first-order chi connectivity index (χ1) is 14.0. The van der Waals surface area contributed by atoms with Crippen LogP contribution in [0, 0.1) is 12.8 Å². The van der Waals surface area contributed by atoms with E-state index in [1.165, 1.54) is 10.6 Å². The van der Waals surface area contributed by atoms with E-state index in [0.717, 1.165) is 11.3 Å². The molecule has 0 spiro atoms. The number of morpholine rings is 1. The molecule has 29 heavy (non-hydrogen) atoms. The van der Waals surface area contributed by atoms with Gasteiger partial charge in [-0.25, -0.2) is 4.98 Å². The lowest BCUT2D eigenvalue weighted by Gasteiger charge is -2.40. The van der Waals surface area contributed by atoms with Crippen LogP contribution in [-0.2, 0) is 4.74 Å². The number of carbonyl (C=O) groups excluding carboxylic acids is 1. The Kier molecular flexibility index (Phi) is 5.20. The molecule has 0 unspecified atom stereocenters. The fourth-order valence-corrected chi connectivity index (χ4v) is 3.77. The number of aryl methyl sites for hydroxylation is 1. The van der Waals surface area contributed by atoms with Gasteiger partial charge >= 0.3 is 0 Å². The number of ether oxygens (including phenoxy) is 1. The summed E-state index contributed by atoms with van der Waals surface area (Å²) >= 11 is 0. The average molecular weight is 391 g/mol. The minimum Gasteiger partial charge on any atom is -0.366 e. The van der Waals surface area contributed by atoms with Crippen molar-refractivity contribution in [3.05, 3.63) is 81.9 Å². The fourth-order valence-electron chi connectivity index (χ4n) is 3.77. The van der Waals surface area contributed by atoms with Crippen LogP contribution in [0.15, 0.2) is 59.5 Å². The van der Waals surface area contributed by atoms with Gasteiger partial charge in [0, 0.05) is 18.4 Å². The first-order valence-electron chi connectivity index (χ1n) is 9.92. The molecular formula is C23H25N3O3. The summed E-state index contributed by atoms with van der Waals surface area (Å²) < 4.78 is 7.77. The molecular weight excluding hydrogens is 366 g/mol. The van der Waals surface area contributed by atoms with Gasteiger partial charge in [0.05, 0.1) is 12.6 Å². The van der Waals surface area contributed by atoms with Crippen molar-refractivity contribution in [2.45, 2.75) is 33.0 Å². The number of fused-ring (bicyclic) bond motifs is 1. The predicted octanol–water partition coefficient (Wildman–Crippen LogP) is 3.24. The maximum Gasteiger partial charge on any atom is 0.270 e. The monoisotopic (exact) mass is 391 g/mol. The van der Waals surface area contributed by atoms with E-state index < -0.39 is 0 Å². The molecule has 0 saturated carbocycles. The molecule has 1 saturated heterocycles. The van der Waals surface area contributed by atoms with Crippen molar-refractivity contribution in [1.82, 2.24) is 14.3 Å². The van der Waals surface area contributed by atoms with Crippen LogP contribution in [0.4, 0.5) is 0 Å². The largest absolute Gasteiger partial charge is 0.366 e. The van der Waals surface area contributed by atoms with Crippen LogP contribution < -0.4 is 5.56 Å². The second-order valence-electron chi connectivity index (χ2n) is 7.87. The van der Waals surface area contributed by atoms with E-state index in [0.29, 0.717) is 18.7 Å². The third kappa shape index (κ3) is 3.68. The van der Waals surface area contributed by atoms with Crippen LogP contribution in [0.2, 0.25) is 0 Å². The van der Waals surface area contributed by atoms with Crippen molar-refractivity contribution in [3.63, 3.8) is 0 Å². The summed E-state index contributed by atoms with van der Waals surface area (Å²) in [4.78, 5) is 32.4. The summed E-state index contributed by atoms with van der Waals surface area (Å²) in [6.07, 6.45) is 1.08. The van der Waals surface area contributed by atoms with Gasteiger partial charge in [-0.2, -0.15) is 0 Å². The molecule has 0 aliphatic carbocycles. The Bertz CT molecular complexity index is 1090. The lowest BCUT2D eigenvalue weighted by Crippen LogP contribution is -2.49. The van der Waals surface area contributed by atoms with E-state index in [-0.39, 0.29) is 35.2 Å². The summed E-state index contributed by atoms with van der Waals surface area (Å²) in [5, 5.41) is 0. The van der Waals surface area contributed by atoms with Crippen molar-refractivity contribution in [1.29, 1.82) is 0 Å². The number of nitrogens with zero attached hydrogens (tertiary/aromatic N) is 3. The normalized spacial score (nSPS) is 19.7. The summed E-state index contributed by atoms with van der Waals surface area (Å²) in [5.74, 6) is -0.0510. The highest BCUT2D eigenvalue weighted by Crippen LogP contribution is 2.28. The lowest BCUT2D eigenvalue weighted by atomic mass is 10.0. The molecule has 0 radical (unpaired) electrons.